The van der Waals surface area contributed by atoms with Crippen molar-refractivity contribution in [2.24, 2.45) is 0 Å². The van der Waals surface area contributed by atoms with Crippen LogP contribution in [0.5, 0.6) is 5.75 Å². The molecule has 0 bridgehead atoms. The Morgan fingerprint density at radius 1 is 0.923 bits per heavy atom. The van der Waals surface area contributed by atoms with Crippen molar-refractivity contribution in [3.63, 3.8) is 0 Å². The molecule has 2 nitrogen and oxygen atoms in total. The van der Waals surface area contributed by atoms with Crippen LogP contribution in [0.15, 0.2) is 48.5 Å². The zero-order valence-electron chi connectivity index (χ0n) is 16.1. The van der Waals surface area contributed by atoms with E-state index < -0.39 is 0 Å². The summed E-state index contributed by atoms with van der Waals surface area (Å²) in [6.45, 7) is 4.38. The van der Waals surface area contributed by atoms with Crippen molar-refractivity contribution < 1.29 is 9.53 Å². The number of esters is 1. The molecular weight excluding hydrogens is 320 g/mol. The Balaban J connectivity index is 1.71. The second kappa shape index (κ2) is 8.53. The molecule has 138 valence electrons. The molecule has 2 aromatic carbocycles. The molecule has 1 fully saturated rings. The van der Waals surface area contributed by atoms with Crippen LogP contribution < -0.4 is 4.74 Å². The quantitative estimate of drug-likeness (QED) is 0.441. The third-order valence-corrected chi connectivity index (χ3v) is 5.81. The van der Waals surface area contributed by atoms with Crippen molar-refractivity contribution in [3.05, 3.63) is 65.2 Å². The molecule has 0 radical (unpaired) electrons. The summed E-state index contributed by atoms with van der Waals surface area (Å²) in [5.41, 5.74) is 3.55. The maximum atomic E-state index is 12.3. The number of hydrogen-bond donors (Lipinski definition) is 0. The summed E-state index contributed by atoms with van der Waals surface area (Å²) < 4.78 is 5.57. The summed E-state index contributed by atoms with van der Waals surface area (Å²) >= 11 is 0. The summed E-state index contributed by atoms with van der Waals surface area (Å²) in [6.07, 6.45) is 10.00. The smallest absolute Gasteiger partial charge is 0.343 e. The second-order valence-corrected chi connectivity index (χ2v) is 7.56. The Morgan fingerprint density at radius 3 is 2.15 bits per heavy atom. The number of aryl methyl sites for hydroxylation is 1. The van der Waals surface area contributed by atoms with E-state index in [1.54, 1.807) is 0 Å². The van der Waals surface area contributed by atoms with E-state index >= 15 is 0 Å². The molecule has 0 saturated heterocycles. The van der Waals surface area contributed by atoms with Crippen molar-refractivity contribution in [3.8, 4) is 5.75 Å². The molecule has 1 saturated carbocycles. The summed E-state index contributed by atoms with van der Waals surface area (Å²) in [5, 5.41) is 0. The van der Waals surface area contributed by atoms with Crippen LogP contribution in [-0.4, -0.2) is 5.97 Å². The van der Waals surface area contributed by atoms with Gasteiger partial charge in [-0.2, -0.15) is 0 Å². The number of rotatable bonds is 6. The summed E-state index contributed by atoms with van der Waals surface area (Å²) in [5.74, 6) is 0.335. The SMILES string of the molecule is CCCC1(c2ccc(OC(=O)c3ccc(CC)cc3)cc2)CCCCC1. The zero-order chi connectivity index (χ0) is 18.4. The molecule has 0 atom stereocenters. The molecule has 2 aromatic rings. The van der Waals surface area contributed by atoms with Crippen molar-refractivity contribution in [1.29, 1.82) is 0 Å². The van der Waals surface area contributed by atoms with Gasteiger partial charge in [0.2, 0.25) is 0 Å². The van der Waals surface area contributed by atoms with Crippen LogP contribution in [-0.2, 0) is 11.8 Å². The van der Waals surface area contributed by atoms with Gasteiger partial charge in [-0.25, -0.2) is 4.79 Å². The Kier molecular flexibility index (Phi) is 6.13. The molecule has 0 amide bonds. The van der Waals surface area contributed by atoms with Gasteiger partial charge >= 0.3 is 5.97 Å². The van der Waals surface area contributed by atoms with E-state index in [0.29, 0.717) is 16.7 Å². The Labute approximate surface area is 157 Å². The standard InChI is InChI=1S/C24H30O2/c1-3-16-24(17-6-5-7-18-24)21-12-14-22(15-13-21)26-23(25)20-10-8-19(4-2)9-11-20/h8-15H,3-7,16-18H2,1-2H3. The molecule has 1 aliphatic carbocycles. The van der Waals surface area contributed by atoms with Gasteiger partial charge in [0.15, 0.2) is 0 Å². The third kappa shape index (κ3) is 4.17. The van der Waals surface area contributed by atoms with Gasteiger partial charge < -0.3 is 4.74 Å². The summed E-state index contributed by atoms with van der Waals surface area (Å²) in [6, 6.07) is 15.9. The molecule has 0 spiro atoms. The maximum Gasteiger partial charge on any atom is 0.343 e. The van der Waals surface area contributed by atoms with Gasteiger partial charge in [0, 0.05) is 0 Å². The first-order chi connectivity index (χ1) is 12.7. The first-order valence-corrected chi connectivity index (χ1v) is 10.1. The third-order valence-electron chi connectivity index (χ3n) is 5.81. The van der Waals surface area contributed by atoms with Crippen molar-refractivity contribution in [1.82, 2.24) is 0 Å². The predicted octanol–water partition coefficient (Wildman–Crippen LogP) is 6.47. The first kappa shape index (κ1) is 18.7. The van der Waals surface area contributed by atoms with Crippen LogP contribution in [0.25, 0.3) is 0 Å². The van der Waals surface area contributed by atoms with Gasteiger partial charge in [-0.3, -0.25) is 0 Å². The van der Waals surface area contributed by atoms with E-state index in [0.717, 1.165) is 6.42 Å². The zero-order valence-corrected chi connectivity index (χ0v) is 16.1. The highest BCUT2D eigenvalue weighted by molar-refractivity contribution is 5.91. The predicted molar refractivity (Wildman–Crippen MR) is 107 cm³/mol. The summed E-state index contributed by atoms with van der Waals surface area (Å²) in [4.78, 5) is 12.3. The normalized spacial score (nSPS) is 16.2. The number of carbonyl (C=O) groups excluding carboxylic acids is 1. The number of benzene rings is 2. The van der Waals surface area contributed by atoms with E-state index in [4.69, 9.17) is 4.74 Å². The highest BCUT2D eigenvalue weighted by atomic mass is 16.5. The summed E-state index contributed by atoms with van der Waals surface area (Å²) in [7, 11) is 0. The first-order valence-electron chi connectivity index (χ1n) is 10.1. The molecule has 2 heteroatoms. The van der Waals surface area contributed by atoms with Crippen LogP contribution in [0.2, 0.25) is 0 Å². The van der Waals surface area contributed by atoms with Crippen molar-refractivity contribution in [2.75, 3.05) is 0 Å². The van der Waals surface area contributed by atoms with Gasteiger partial charge in [0.05, 0.1) is 5.56 Å². The van der Waals surface area contributed by atoms with Crippen LogP contribution >= 0.6 is 0 Å². The monoisotopic (exact) mass is 350 g/mol. The average molecular weight is 351 g/mol. The van der Waals surface area contributed by atoms with Crippen molar-refractivity contribution >= 4 is 5.97 Å². The number of ether oxygens (including phenoxy) is 1. The lowest BCUT2D eigenvalue weighted by Crippen LogP contribution is -2.28. The lowest BCUT2D eigenvalue weighted by molar-refractivity contribution is 0.0734. The topological polar surface area (TPSA) is 26.3 Å². The molecule has 0 N–H and O–H groups in total. The maximum absolute atomic E-state index is 12.3. The molecule has 26 heavy (non-hydrogen) atoms. The van der Waals surface area contributed by atoms with Crippen LogP contribution in [0, 0.1) is 0 Å². The number of carbonyl (C=O) groups is 1. The van der Waals surface area contributed by atoms with E-state index in [1.165, 1.54) is 56.1 Å². The Hall–Kier alpha value is -2.09. The molecular formula is C24H30O2. The highest BCUT2D eigenvalue weighted by Gasteiger charge is 2.32. The van der Waals surface area contributed by atoms with E-state index in [1.807, 2.05) is 36.4 Å². The lowest BCUT2D eigenvalue weighted by Gasteiger charge is -2.38. The molecule has 0 aromatic heterocycles. The number of hydrogen-bond acceptors (Lipinski definition) is 2. The lowest BCUT2D eigenvalue weighted by atomic mass is 9.67. The molecule has 0 unspecified atom stereocenters. The average Bonchev–Trinajstić information content (AvgIpc) is 2.69. The fourth-order valence-corrected chi connectivity index (χ4v) is 4.31. The van der Waals surface area contributed by atoms with Gasteiger partial charge in [0.1, 0.15) is 5.75 Å². The highest BCUT2D eigenvalue weighted by Crippen LogP contribution is 2.43. The van der Waals surface area contributed by atoms with E-state index in [9.17, 15) is 4.79 Å². The van der Waals surface area contributed by atoms with Gasteiger partial charge in [-0.15, -0.1) is 0 Å². The fraction of sp³-hybridized carbons (Fsp3) is 0.458. The van der Waals surface area contributed by atoms with E-state index in [-0.39, 0.29) is 5.97 Å². The minimum Gasteiger partial charge on any atom is -0.423 e. The fourth-order valence-electron chi connectivity index (χ4n) is 4.31. The van der Waals surface area contributed by atoms with E-state index in [2.05, 4.69) is 26.0 Å². The Morgan fingerprint density at radius 2 is 1.58 bits per heavy atom. The van der Waals surface area contributed by atoms with Gasteiger partial charge in [-0.1, -0.05) is 63.8 Å². The molecule has 0 heterocycles. The Bertz CT molecular complexity index is 701. The van der Waals surface area contributed by atoms with Crippen LogP contribution in [0.4, 0.5) is 0 Å². The minimum absolute atomic E-state index is 0.290. The van der Waals surface area contributed by atoms with Crippen molar-refractivity contribution in [2.45, 2.75) is 70.6 Å². The minimum atomic E-state index is -0.290. The van der Waals surface area contributed by atoms with Crippen LogP contribution in [0.1, 0.15) is 80.3 Å². The second-order valence-electron chi connectivity index (χ2n) is 7.56. The van der Waals surface area contributed by atoms with Crippen LogP contribution in [0.3, 0.4) is 0 Å². The van der Waals surface area contributed by atoms with Gasteiger partial charge in [0.25, 0.3) is 0 Å². The molecule has 3 rings (SSSR count). The van der Waals surface area contributed by atoms with Gasteiger partial charge in [-0.05, 0) is 66.5 Å². The molecule has 1 aliphatic rings. The largest absolute Gasteiger partial charge is 0.423 e. The molecule has 0 aliphatic heterocycles.